The minimum atomic E-state index is -4.01. The number of H-pyrrole nitrogens is 1. The van der Waals surface area contributed by atoms with E-state index in [1.807, 2.05) is 18.2 Å². The van der Waals surface area contributed by atoms with Crippen molar-refractivity contribution in [3.8, 4) is 22.9 Å². The number of rotatable bonds is 8. The van der Waals surface area contributed by atoms with Crippen molar-refractivity contribution in [1.82, 2.24) is 9.97 Å². The number of ether oxygens (including phenoxy) is 2. The lowest BCUT2D eigenvalue weighted by Gasteiger charge is -2.13. The minimum Gasteiger partial charge on any atom is -0.496 e. The van der Waals surface area contributed by atoms with Crippen LogP contribution in [0, 0.1) is 0 Å². The van der Waals surface area contributed by atoms with Gasteiger partial charge in [0.25, 0.3) is 15.9 Å². The fraction of sp³-hybridized carbons (Fsp3) is 0.0833. The van der Waals surface area contributed by atoms with Crippen LogP contribution in [0.25, 0.3) is 11.4 Å². The third kappa shape index (κ3) is 5.47. The largest absolute Gasteiger partial charge is 0.496 e. The number of anilines is 2. The summed E-state index contributed by atoms with van der Waals surface area (Å²) in [5.74, 6) is 0.684. The Morgan fingerprint density at radius 3 is 2.34 bits per heavy atom. The summed E-state index contributed by atoms with van der Waals surface area (Å²) >= 11 is 3.32. The first-order valence-electron chi connectivity index (χ1n) is 10.3. The molecule has 1 heterocycles. The van der Waals surface area contributed by atoms with E-state index in [1.54, 1.807) is 43.5 Å². The summed E-state index contributed by atoms with van der Waals surface area (Å²) in [5.41, 5.74) is 1.46. The van der Waals surface area contributed by atoms with Crippen LogP contribution >= 0.6 is 15.9 Å². The number of nitrogens with zero attached hydrogens (tertiary/aromatic N) is 1. The monoisotopic (exact) mass is 556 g/mol. The van der Waals surface area contributed by atoms with Gasteiger partial charge in [0.2, 0.25) is 0 Å². The van der Waals surface area contributed by atoms with Gasteiger partial charge in [-0.05, 0) is 54.6 Å². The van der Waals surface area contributed by atoms with Gasteiger partial charge in [0, 0.05) is 22.0 Å². The van der Waals surface area contributed by atoms with E-state index in [-0.39, 0.29) is 22.0 Å². The molecule has 0 saturated carbocycles. The zero-order valence-corrected chi connectivity index (χ0v) is 21.1. The summed E-state index contributed by atoms with van der Waals surface area (Å²) in [5, 5.41) is 2.68. The van der Waals surface area contributed by atoms with Gasteiger partial charge in [-0.1, -0.05) is 28.1 Å². The lowest BCUT2D eigenvalue weighted by Crippen LogP contribution is -2.16. The van der Waals surface area contributed by atoms with Crippen molar-refractivity contribution in [2.24, 2.45) is 0 Å². The molecule has 0 unspecified atom stereocenters. The van der Waals surface area contributed by atoms with Gasteiger partial charge < -0.3 is 19.8 Å². The molecule has 0 aliphatic carbocycles. The molecule has 0 radical (unpaired) electrons. The maximum Gasteiger partial charge on any atom is 0.275 e. The van der Waals surface area contributed by atoms with E-state index < -0.39 is 15.9 Å². The number of benzene rings is 3. The lowest BCUT2D eigenvalue weighted by atomic mass is 10.2. The topological polar surface area (TPSA) is 122 Å². The van der Waals surface area contributed by atoms with Gasteiger partial charge in [-0.2, -0.15) is 0 Å². The molecule has 0 bridgehead atoms. The molecule has 0 fully saturated rings. The Labute approximate surface area is 210 Å². The van der Waals surface area contributed by atoms with Gasteiger partial charge in [-0.3, -0.25) is 9.52 Å². The number of nitrogens with one attached hydrogen (secondary N) is 3. The van der Waals surface area contributed by atoms with Crippen LogP contribution in [-0.2, 0) is 10.0 Å². The summed E-state index contributed by atoms with van der Waals surface area (Å²) < 4.78 is 40.0. The number of hydrogen-bond donors (Lipinski definition) is 3. The van der Waals surface area contributed by atoms with E-state index in [1.165, 1.54) is 25.4 Å². The van der Waals surface area contributed by atoms with E-state index in [0.29, 0.717) is 22.8 Å². The second kappa shape index (κ2) is 10.2. The number of methoxy groups -OCH3 is 2. The van der Waals surface area contributed by atoms with Crippen LogP contribution in [-0.4, -0.2) is 38.5 Å². The molecule has 1 amide bonds. The third-order valence-electron chi connectivity index (χ3n) is 4.98. The molecule has 0 aliphatic heterocycles. The summed E-state index contributed by atoms with van der Waals surface area (Å²) in [6, 6.07) is 18.3. The van der Waals surface area contributed by atoms with Crippen LogP contribution in [0.2, 0.25) is 0 Å². The summed E-state index contributed by atoms with van der Waals surface area (Å²) in [6.07, 6.45) is 1.47. The number of carbonyl (C=O) groups excluding carboxylic acids is 1. The van der Waals surface area contributed by atoms with Gasteiger partial charge in [0.15, 0.2) is 0 Å². The number of carbonyl (C=O) groups is 1. The zero-order valence-electron chi connectivity index (χ0n) is 18.7. The van der Waals surface area contributed by atoms with Crippen molar-refractivity contribution < 1.29 is 22.7 Å². The molecule has 0 aliphatic rings. The van der Waals surface area contributed by atoms with E-state index in [0.717, 1.165) is 4.47 Å². The smallest absolute Gasteiger partial charge is 0.275 e. The highest BCUT2D eigenvalue weighted by Gasteiger charge is 2.22. The maximum atomic E-state index is 13.1. The molecule has 1 aromatic heterocycles. The van der Waals surface area contributed by atoms with E-state index in [4.69, 9.17) is 9.47 Å². The predicted molar refractivity (Wildman–Crippen MR) is 136 cm³/mol. The van der Waals surface area contributed by atoms with Crippen molar-refractivity contribution >= 4 is 43.2 Å². The Morgan fingerprint density at radius 1 is 0.943 bits per heavy atom. The maximum absolute atomic E-state index is 13.1. The van der Waals surface area contributed by atoms with Crippen molar-refractivity contribution in [3.05, 3.63) is 83.1 Å². The van der Waals surface area contributed by atoms with E-state index in [2.05, 4.69) is 35.9 Å². The SMILES string of the molecule is COc1ccccc1-c1nc(C(=O)Nc2ccc(OC)c(S(=O)(=O)Nc3ccc(Br)cc3)c2)c[nH]1. The molecular formula is C24H21BrN4O5S. The number of aromatic amines is 1. The summed E-state index contributed by atoms with van der Waals surface area (Å²) in [6.45, 7) is 0. The van der Waals surface area contributed by atoms with Gasteiger partial charge in [0.1, 0.15) is 27.9 Å². The average molecular weight is 557 g/mol. The summed E-state index contributed by atoms with van der Waals surface area (Å²) in [4.78, 5) is 20.0. The number of aromatic nitrogens is 2. The van der Waals surface area contributed by atoms with Crippen molar-refractivity contribution in [2.75, 3.05) is 24.3 Å². The number of sulfonamides is 1. The quantitative estimate of drug-likeness (QED) is 0.283. The first-order valence-corrected chi connectivity index (χ1v) is 12.5. The molecule has 4 aromatic rings. The fourth-order valence-electron chi connectivity index (χ4n) is 3.30. The normalized spacial score (nSPS) is 11.1. The Balaban J connectivity index is 1.57. The summed E-state index contributed by atoms with van der Waals surface area (Å²) in [7, 11) is -1.09. The first-order chi connectivity index (χ1) is 16.8. The van der Waals surface area contributed by atoms with E-state index >= 15 is 0 Å². The predicted octanol–water partition coefficient (Wildman–Crippen LogP) is 4.91. The molecular weight excluding hydrogens is 536 g/mol. The Morgan fingerprint density at radius 2 is 1.63 bits per heavy atom. The Kier molecular flexibility index (Phi) is 7.08. The molecule has 35 heavy (non-hydrogen) atoms. The number of halogens is 1. The molecule has 3 aromatic carbocycles. The van der Waals surface area contributed by atoms with Crippen LogP contribution in [0.5, 0.6) is 11.5 Å². The molecule has 180 valence electrons. The minimum absolute atomic E-state index is 0.124. The van der Waals surface area contributed by atoms with Crippen LogP contribution in [0.15, 0.2) is 82.3 Å². The molecule has 0 atom stereocenters. The highest BCUT2D eigenvalue weighted by molar-refractivity contribution is 9.10. The lowest BCUT2D eigenvalue weighted by molar-refractivity contribution is 0.102. The molecule has 11 heteroatoms. The van der Waals surface area contributed by atoms with Gasteiger partial charge in [-0.25, -0.2) is 13.4 Å². The van der Waals surface area contributed by atoms with Crippen LogP contribution in [0.3, 0.4) is 0 Å². The van der Waals surface area contributed by atoms with Gasteiger partial charge in [0.05, 0.1) is 19.8 Å². The molecule has 4 rings (SSSR count). The molecule has 9 nitrogen and oxygen atoms in total. The number of imidazole rings is 1. The zero-order chi connectivity index (χ0) is 25.0. The van der Waals surface area contributed by atoms with Gasteiger partial charge >= 0.3 is 0 Å². The van der Waals surface area contributed by atoms with Crippen LogP contribution < -0.4 is 19.5 Å². The van der Waals surface area contributed by atoms with Crippen molar-refractivity contribution in [1.29, 1.82) is 0 Å². The average Bonchev–Trinajstić information content (AvgIpc) is 3.36. The number of amides is 1. The van der Waals surface area contributed by atoms with Crippen LogP contribution in [0.1, 0.15) is 10.5 Å². The van der Waals surface area contributed by atoms with Crippen molar-refractivity contribution in [3.63, 3.8) is 0 Å². The highest BCUT2D eigenvalue weighted by atomic mass is 79.9. The van der Waals surface area contributed by atoms with E-state index in [9.17, 15) is 13.2 Å². The first kappa shape index (κ1) is 24.3. The molecule has 3 N–H and O–H groups in total. The van der Waals surface area contributed by atoms with Crippen LogP contribution in [0.4, 0.5) is 11.4 Å². The van der Waals surface area contributed by atoms with Crippen molar-refractivity contribution in [2.45, 2.75) is 4.90 Å². The third-order valence-corrected chi connectivity index (χ3v) is 6.91. The molecule has 0 saturated heterocycles. The second-order valence-electron chi connectivity index (χ2n) is 7.27. The second-order valence-corrected chi connectivity index (χ2v) is 9.83. The number of para-hydroxylation sites is 1. The number of hydrogen-bond acceptors (Lipinski definition) is 6. The Hall–Kier alpha value is -3.83. The fourth-order valence-corrected chi connectivity index (χ4v) is 4.82. The van der Waals surface area contributed by atoms with Gasteiger partial charge in [-0.15, -0.1) is 0 Å². The Bertz CT molecular complexity index is 1470. The molecule has 0 spiro atoms. The standard InChI is InChI=1S/C24H21BrN4O5S/c1-33-20-6-4-3-5-18(20)23-26-14-19(28-23)24(30)27-17-11-12-21(34-2)22(13-17)35(31,32)29-16-9-7-15(25)8-10-16/h3-14,29H,1-2H3,(H,26,28)(H,27,30). The highest BCUT2D eigenvalue weighted by Crippen LogP contribution is 2.30.